The maximum atomic E-state index is 12.7. The summed E-state index contributed by atoms with van der Waals surface area (Å²) in [5.41, 5.74) is 2.22. The third-order valence-corrected chi connectivity index (χ3v) is 5.43. The van der Waals surface area contributed by atoms with Crippen molar-refractivity contribution in [3.8, 4) is 5.75 Å². The lowest BCUT2D eigenvalue weighted by atomic mass is 10.0. The molecule has 1 heterocycles. The van der Waals surface area contributed by atoms with Crippen molar-refractivity contribution < 1.29 is 14.3 Å². The van der Waals surface area contributed by atoms with E-state index in [1.54, 1.807) is 18.2 Å². The van der Waals surface area contributed by atoms with Crippen LogP contribution >= 0.6 is 15.9 Å². The SMILES string of the molecule is CC(C)c1ccc(OCC(=O)Nc2ccccc2C(=O)N2CCCC2)c(Br)c1. The monoisotopic (exact) mass is 444 g/mol. The Labute approximate surface area is 174 Å². The molecular weight excluding hydrogens is 420 g/mol. The molecule has 0 aliphatic carbocycles. The van der Waals surface area contributed by atoms with E-state index in [2.05, 4.69) is 35.1 Å². The molecule has 0 atom stereocenters. The summed E-state index contributed by atoms with van der Waals surface area (Å²) in [7, 11) is 0. The van der Waals surface area contributed by atoms with Crippen LogP contribution < -0.4 is 10.1 Å². The molecule has 0 spiro atoms. The van der Waals surface area contributed by atoms with E-state index in [9.17, 15) is 9.59 Å². The van der Waals surface area contributed by atoms with E-state index in [4.69, 9.17) is 4.74 Å². The molecule has 1 aliphatic heterocycles. The van der Waals surface area contributed by atoms with Gasteiger partial charge in [0.15, 0.2) is 6.61 Å². The van der Waals surface area contributed by atoms with E-state index in [1.807, 2.05) is 29.2 Å². The van der Waals surface area contributed by atoms with Crippen LogP contribution in [0.3, 0.4) is 0 Å². The summed E-state index contributed by atoms with van der Waals surface area (Å²) < 4.78 is 6.47. The fraction of sp³-hybridized carbons (Fsp3) is 0.364. The first-order valence-corrected chi connectivity index (χ1v) is 10.4. The second-order valence-corrected chi connectivity index (χ2v) is 8.08. The Morgan fingerprint density at radius 2 is 1.86 bits per heavy atom. The normalized spacial score (nSPS) is 13.6. The van der Waals surface area contributed by atoms with E-state index in [0.717, 1.165) is 30.4 Å². The second-order valence-electron chi connectivity index (χ2n) is 7.23. The quantitative estimate of drug-likeness (QED) is 0.693. The summed E-state index contributed by atoms with van der Waals surface area (Å²) in [6, 6.07) is 13.0. The average Bonchev–Trinajstić information content (AvgIpc) is 3.21. The number of amides is 2. The maximum absolute atomic E-state index is 12.7. The third kappa shape index (κ3) is 4.93. The first kappa shape index (κ1) is 20.4. The number of para-hydroxylation sites is 1. The van der Waals surface area contributed by atoms with E-state index < -0.39 is 0 Å². The predicted molar refractivity (Wildman–Crippen MR) is 114 cm³/mol. The molecule has 0 aromatic heterocycles. The largest absolute Gasteiger partial charge is 0.483 e. The van der Waals surface area contributed by atoms with Crippen LogP contribution in [0.4, 0.5) is 5.69 Å². The minimum absolute atomic E-state index is 0.0404. The molecule has 28 heavy (non-hydrogen) atoms. The smallest absolute Gasteiger partial charge is 0.262 e. The number of benzene rings is 2. The number of nitrogens with zero attached hydrogens (tertiary/aromatic N) is 1. The maximum Gasteiger partial charge on any atom is 0.262 e. The van der Waals surface area contributed by atoms with Gasteiger partial charge in [-0.05, 0) is 64.5 Å². The summed E-state index contributed by atoms with van der Waals surface area (Å²) >= 11 is 3.49. The van der Waals surface area contributed by atoms with Crippen molar-refractivity contribution in [2.24, 2.45) is 0 Å². The highest BCUT2D eigenvalue weighted by molar-refractivity contribution is 9.10. The van der Waals surface area contributed by atoms with Gasteiger partial charge in [0.1, 0.15) is 5.75 Å². The number of likely N-dealkylation sites (tertiary alicyclic amines) is 1. The average molecular weight is 445 g/mol. The fourth-order valence-corrected chi connectivity index (χ4v) is 3.70. The molecule has 6 heteroatoms. The van der Waals surface area contributed by atoms with Gasteiger partial charge in [-0.1, -0.05) is 32.0 Å². The van der Waals surface area contributed by atoms with Gasteiger partial charge < -0.3 is 15.0 Å². The van der Waals surface area contributed by atoms with Gasteiger partial charge >= 0.3 is 0 Å². The van der Waals surface area contributed by atoms with Gasteiger partial charge in [0.05, 0.1) is 15.7 Å². The van der Waals surface area contributed by atoms with Crippen LogP contribution in [0, 0.1) is 0 Å². The Kier molecular flexibility index (Phi) is 6.73. The molecule has 2 aromatic carbocycles. The molecule has 0 unspecified atom stereocenters. The van der Waals surface area contributed by atoms with Crippen LogP contribution in [0.5, 0.6) is 5.75 Å². The molecule has 1 saturated heterocycles. The molecule has 1 N–H and O–H groups in total. The highest BCUT2D eigenvalue weighted by Crippen LogP contribution is 2.29. The zero-order valence-corrected chi connectivity index (χ0v) is 17.8. The van der Waals surface area contributed by atoms with Crippen molar-refractivity contribution >= 4 is 33.4 Å². The van der Waals surface area contributed by atoms with Gasteiger partial charge in [0.25, 0.3) is 11.8 Å². The summed E-state index contributed by atoms with van der Waals surface area (Å²) in [6.45, 7) is 5.65. The van der Waals surface area contributed by atoms with E-state index >= 15 is 0 Å². The van der Waals surface area contributed by atoms with Crippen molar-refractivity contribution in [3.05, 3.63) is 58.1 Å². The summed E-state index contributed by atoms with van der Waals surface area (Å²) in [5.74, 6) is 0.683. The fourth-order valence-electron chi connectivity index (χ4n) is 3.19. The van der Waals surface area contributed by atoms with Gasteiger partial charge in [-0.25, -0.2) is 0 Å². The standard InChI is InChI=1S/C22H25BrN2O3/c1-15(2)16-9-10-20(18(23)13-16)28-14-21(26)24-19-8-4-3-7-17(19)22(27)25-11-5-6-12-25/h3-4,7-10,13,15H,5-6,11-12,14H2,1-2H3,(H,24,26). The van der Waals surface area contributed by atoms with Crippen molar-refractivity contribution in [1.29, 1.82) is 0 Å². The molecule has 1 fully saturated rings. The molecule has 3 rings (SSSR count). The second kappa shape index (κ2) is 9.24. The summed E-state index contributed by atoms with van der Waals surface area (Å²) in [4.78, 5) is 26.9. The molecule has 0 bridgehead atoms. The van der Waals surface area contributed by atoms with Crippen molar-refractivity contribution in [1.82, 2.24) is 4.90 Å². The number of halogens is 1. The minimum Gasteiger partial charge on any atom is -0.483 e. The van der Waals surface area contributed by atoms with Crippen LogP contribution in [0.15, 0.2) is 46.9 Å². The Hall–Kier alpha value is -2.34. The van der Waals surface area contributed by atoms with Crippen LogP contribution in [-0.4, -0.2) is 36.4 Å². The molecule has 148 valence electrons. The zero-order valence-electron chi connectivity index (χ0n) is 16.2. The number of ether oxygens (including phenoxy) is 1. The molecule has 1 aliphatic rings. The molecule has 2 aromatic rings. The lowest BCUT2D eigenvalue weighted by Gasteiger charge is -2.18. The van der Waals surface area contributed by atoms with Gasteiger partial charge in [-0.2, -0.15) is 0 Å². The molecule has 0 radical (unpaired) electrons. The first-order valence-electron chi connectivity index (χ1n) is 9.56. The highest BCUT2D eigenvalue weighted by atomic mass is 79.9. The Bertz CT molecular complexity index is 861. The molecule has 2 amide bonds. The van der Waals surface area contributed by atoms with Crippen molar-refractivity contribution in [2.45, 2.75) is 32.6 Å². The lowest BCUT2D eigenvalue weighted by Crippen LogP contribution is -2.29. The lowest BCUT2D eigenvalue weighted by molar-refractivity contribution is -0.118. The number of carbonyl (C=O) groups is 2. The summed E-state index contributed by atoms with van der Waals surface area (Å²) in [6.07, 6.45) is 2.05. The van der Waals surface area contributed by atoms with Gasteiger partial charge in [-0.15, -0.1) is 0 Å². The van der Waals surface area contributed by atoms with E-state index in [1.165, 1.54) is 5.56 Å². The van der Waals surface area contributed by atoms with Crippen LogP contribution in [0.25, 0.3) is 0 Å². The third-order valence-electron chi connectivity index (χ3n) is 4.81. The van der Waals surface area contributed by atoms with E-state index in [-0.39, 0.29) is 18.4 Å². The number of nitrogens with one attached hydrogen (secondary N) is 1. The predicted octanol–water partition coefficient (Wildman–Crippen LogP) is 4.83. The topological polar surface area (TPSA) is 58.6 Å². The van der Waals surface area contributed by atoms with Gasteiger partial charge in [0.2, 0.25) is 0 Å². The van der Waals surface area contributed by atoms with Crippen molar-refractivity contribution in [2.75, 3.05) is 25.0 Å². The van der Waals surface area contributed by atoms with Crippen LogP contribution in [0.2, 0.25) is 0 Å². The zero-order chi connectivity index (χ0) is 20.1. The van der Waals surface area contributed by atoms with Crippen LogP contribution in [0.1, 0.15) is 48.5 Å². The number of anilines is 1. The Morgan fingerprint density at radius 3 is 2.54 bits per heavy atom. The van der Waals surface area contributed by atoms with Gasteiger partial charge in [0, 0.05) is 13.1 Å². The Morgan fingerprint density at radius 1 is 1.14 bits per heavy atom. The highest BCUT2D eigenvalue weighted by Gasteiger charge is 2.22. The Balaban J connectivity index is 1.63. The molecular formula is C22H25BrN2O3. The van der Waals surface area contributed by atoms with Crippen molar-refractivity contribution in [3.63, 3.8) is 0 Å². The minimum atomic E-state index is -0.304. The number of carbonyl (C=O) groups excluding carboxylic acids is 2. The number of hydrogen-bond donors (Lipinski definition) is 1. The van der Waals surface area contributed by atoms with E-state index in [0.29, 0.717) is 22.9 Å². The number of rotatable bonds is 6. The van der Waals surface area contributed by atoms with Gasteiger partial charge in [-0.3, -0.25) is 9.59 Å². The first-order chi connectivity index (χ1) is 13.5. The molecule has 0 saturated carbocycles. The number of hydrogen-bond acceptors (Lipinski definition) is 3. The molecule has 5 nitrogen and oxygen atoms in total. The van der Waals surface area contributed by atoms with Crippen LogP contribution in [-0.2, 0) is 4.79 Å². The summed E-state index contributed by atoms with van der Waals surface area (Å²) in [5, 5.41) is 2.81.